The first-order valence-electron chi connectivity index (χ1n) is 11.6. The maximum Gasteiger partial charge on any atom is 0.119 e. The van der Waals surface area contributed by atoms with E-state index in [0.717, 1.165) is 42.4 Å². The SMILES string of the molecule is COc1ccc2ncc(Cl)c([C@@H](O)CCC3(CO)CCN(CC#Cc4ccncc4)CC3)c2c1. The van der Waals surface area contributed by atoms with E-state index in [4.69, 9.17) is 16.3 Å². The molecule has 2 aromatic heterocycles. The van der Waals surface area contributed by atoms with Crippen LogP contribution in [0.1, 0.15) is 42.9 Å². The van der Waals surface area contributed by atoms with Gasteiger partial charge in [-0.2, -0.15) is 0 Å². The summed E-state index contributed by atoms with van der Waals surface area (Å²) in [6.07, 6.45) is 7.28. The van der Waals surface area contributed by atoms with Crippen molar-refractivity contribution in [3.63, 3.8) is 0 Å². The van der Waals surface area contributed by atoms with Crippen LogP contribution in [0, 0.1) is 17.3 Å². The molecule has 1 fully saturated rings. The molecule has 0 amide bonds. The third-order valence-corrected chi connectivity index (χ3v) is 7.12. The van der Waals surface area contributed by atoms with Crippen molar-refractivity contribution in [3.8, 4) is 17.6 Å². The zero-order chi connectivity index (χ0) is 24.0. The van der Waals surface area contributed by atoms with Crippen molar-refractivity contribution in [2.45, 2.75) is 31.8 Å². The van der Waals surface area contributed by atoms with Crippen LogP contribution >= 0.6 is 11.6 Å². The lowest BCUT2D eigenvalue weighted by Crippen LogP contribution is -2.42. The fourth-order valence-electron chi connectivity index (χ4n) is 4.58. The van der Waals surface area contributed by atoms with Crippen LogP contribution in [0.15, 0.2) is 48.9 Å². The average Bonchev–Trinajstić information content (AvgIpc) is 2.88. The van der Waals surface area contributed by atoms with E-state index in [9.17, 15) is 10.2 Å². The average molecular weight is 480 g/mol. The number of likely N-dealkylation sites (tertiary alicyclic amines) is 1. The Bertz CT molecular complexity index is 1170. The summed E-state index contributed by atoms with van der Waals surface area (Å²) < 4.78 is 5.35. The van der Waals surface area contributed by atoms with Gasteiger partial charge in [-0.1, -0.05) is 23.4 Å². The van der Waals surface area contributed by atoms with Crippen LogP contribution in [0.3, 0.4) is 0 Å². The summed E-state index contributed by atoms with van der Waals surface area (Å²) >= 11 is 6.46. The second kappa shape index (κ2) is 11.2. The first-order valence-corrected chi connectivity index (χ1v) is 11.9. The van der Waals surface area contributed by atoms with Crippen LogP contribution < -0.4 is 4.74 Å². The molecule has 1 aliphatic rings. The number of nitrogens with zero attached hydrogens (tertiary/aromatic N) is 3. The molecule has 0 aliphatic carbocycles. The van der Waals surface area contributed by atoms with Crippen LogP contribution in [-0.4, -0.2) is 58.4 Å². The summed E-state index contributed by atoms with van der Waals surface area (Å²) in [6.45, 7) is 2.55. The summed E-state index contributed by atoms with van der Waals surface area (Å²) in [6, 6.07) is 9.37. The van der Waals surface area contributed by atoms with E-state index in [1.54, 1.807) is 25.7 Å². The number of piperidine rings is 1. The molecule has 7 heteroatoms. The quantitative estimate of drug-likeness (QED) is 0.494. The summed E-state index contributed by atoms with van der Waals surface area (Å²) in [5.41, 5.74) is 2.19. The van der Waals surface area contributed by atoms with Gasteiger partial charge in [0.05, 0.1) is 30.3 Å². The number of halogens is 1. The fourth-order valence-corrected chi connectivity index (χ4v) is 4.86. The minimum Gasteiger partial charge on any atom is -0.497 e. The summed E-state index contributed by atoms with van der Waals surface area (Å²) in [5.74, 6) is 7.10. The molecule has 0 saturated carbocycles. The Kier molecular flexibility index (Phi) is 8.02. The van der Waals surface area contributed by atoms with E-state index in [0.29, 0.717) is 35.7 Å². The highest BCUT2D eigenvalue weighted by molar-refractivity contribution is 6.32. The van der Waals surface area contributed by atoms with E-state index in [1.807, 2.05) is 30.3 Å². The minimum absolute atomic E-state index is 0.106. The minimum atomic E-state index is -0.752. The number of hydrogen-bond donors (Lipinski definition) is 2. The molecule has 3 aromatic rings. The highest BCUT2D eigenvalue weighted by atomic mass is 35.5. The van der Waals surface area contributed by atoms with Gasteiger partial charge in [0.1, 0.15) is 5.75 Å². The van der Waals surface area contributed by atoms with Crippen molar-refractivity contribution in [1.29, 1.82) is 0 Å². The molecule has 1 atom stereocenters. The Morgan fingerprint density at radius 2 is 1.97 bits per heavy atom. The van der Waals surface area contributed by atoms with E-state index in [-0.39, 0.29) is 12.0 Å². The molecule has 34 heavy (non-hydrogen) atoms. The smallest absolute Gasteiger partial charge is 0.119 e. The lowest BCUT2D eigenvalue weighted by molar-refractivity contribution is 0.0273. The number of aliphatic hydroxyl groups is 2. The normalized spacial score (nSPS) is 16.6. The molecule has 0 spiro atoms. The van der Waals surface area contributed by atoms with Gasteiger partial charge in [0.2, 0.25) is 0 Å². The molecule has 6 nitrogen and oxygen atoms in total. The Morgan fingerprint density at radius 1 is 1.21 bits per heavy atom. The lowest BCUT2D eigenvalue weighted by atomic mass is 9.74. The topological polar surface area (TPSA) is 78.7 Å². The first-order chi connectivity index (χ1) is 16.5. The zero-order valence-electron chi connectivity index (χ0n) is 19.4. The van der Waals surface area contributed by atoms with Crippen LogP contribution in [0.4, 0.5) is 0 Å². The van der Waals surface area contributed by atoms with E-state index >= 15 is 0 Å². The molecule has 0 bridgehead atoms. The number of fused-ring (bicyclic) bond motifs is 1. The van der Waals surface area contributed by atoms with E-state index in [1.165, 1.54) is 0 Å². The van der Waals surface area contributed by atoms with Gasteiger partial charge < -0.3 is 14.9 Å². The van der Waals surface area contributed by atoms with Crippen molar-refractivity contribution < 1.29 is 14.9 Å². The van der Waals surface area contributed by atoms with Crippen molar-refractivity contribution >= 4 is 22.5 Å². The third-order valence-electron chi connectivity index (χ3n) is 6.82. The predicted octanol–water partition coefficient (Wildman–Crippen LogP) is 4.23. The maximum atomic E-state index is 11.1. The molecule has 3 heterocycles. The van der Waals surface area contributed by atoms with Crippen LogP contribution in [0.2, 0.25) is 5.02 Å². The van der Waals surface area contributed by atoms with Gasteiger partial charge in [-0.15, -0.1) is 0 Å². The molecular weight excluding hydrogens is 450 g/mol. The summed E-state index contributed by atoms with van der Waals surface area (Å²) in [7, 11) is 1.61. The molecule has 1 aliphatic heterocycles. The molecule has 0 radical (unpaired) electrons. The predicted molar refractivity (Wildman–Crippen MR) is 134 cm³/mol. The van der Waals surface area contributed by atoms with Crippen LogP contribution in [0.25, 0.3) is 10.9 Å². The molecule has 0 unspecified atom stereocenters. The van der Waals surface area contributed by atoms with Gasteiger partial charge in [-0.25, -0.2) is 0 Å². The van der Waals surface area contributed by atoms with Gasteiger partial charge in [0.15, 0.2) is 0 Å². The number of aromatic nitrogens is 2. The lowest BCUT2D eigenvalue weighted by Gasteiger charge is -2.40. The molecule has 2 N–H and O–H groups in total. The number of aliphatic hydroxyl groups excluding tert-OH is 2. The van der Waals surface area contributed by atoms with Crippen molar-refractivity contribution in [1.82, 2.24) is 14.9 Å². The first kappa shape index (κ1) is 24.4. The van der Waals surface area contributed by atoms with Gasteiger partial charge in [-0.3, -0.25) is 14.9 Å². The number of rotatable bonds is 7. The zero-order valence-corrected chi connectivity index (χ0v) is 20.1. The van der Waals surface area contributed by atoms with Gasteiger partial charge >= 0.3 is 0 Å². The van der Waals surface area contributed by atoms with E-state index < -0.39 is 6.10 Å². The van der Waals surface area contributed by atoms with Crippen LogP contribution in [-0.2, 0) is 0 Å². The second-order valence-corrected chi connectivity index (χ2v) is 9.34. The number of ether oxygens (including phenoxy) is 1. The monoisotopic (exact) mass is 479 g/mol. The highest BCUT2D eigenvalue weighted by Crippen LogP contribution is 2.40. The summed E-state index contributed by atoms with van der Waals surface area (Å²) in [4.78, 5) is 10.7. The van der Waals surface area contributed by atoms with Crippen molar-refractivity contribution in [2.24, 2.45) is 5.41 Å². The fraction of sp³-hybridized carbons (Fsp3) is 0.407. The standard InChI is InChI=1S/C27H30ClN3O3/c1-34-21-4-5-24-22(17-21)26(23(28)18-30-24)25(33)6-9-27(19-32)10-15-31(16-11-27)14-2-3-20-7-12-29-13-8-20/h4-5,7-8,12-13,17-18,25,32-33H,6,9-11,14-16,19H2,1H3/t25-/m0/s1. The largest absolute Gasteiger partial charge is 0.497 e. The molecule has 178 valence electrons. The molecule has 1 aromatic carbocycles. The maximum absolute atomic E-state index is 11.1. The Balaban J connectivity index is 1.38. The number of pyridine rings is 2. The Labute approximate surface area is 205 Å². The Morgan fingerprint density at radius 3 is 2.68 bits per heavy atom. The molecule has 4 rings (SSSR count). The number of methoxy groups -OCH3 is 1. The van der Waals surface area contributed by atoms with Crippen molar-refractivity contribution in [3.05, 3.63) is 65.1 Å². The van der Waals surface area contributed by atoms with Crippen LogP contribution in [0.5, 0.6) is 5.75 Å². The number of hydrogen-bond acceptors (Lipinski definition) is 6. The molecule has 1 saturated heterocycles. The Hall–Kier alpha value is -2.69. The highest BCUT2D eigenvalue weighted by Gasteiger charge is 2.34. The van der Waals surface area contributed by atoms with Gasteiger partial charge in [-0.05, 0) is 74.5 Å². The second-order valence-electron chi connectivity index (χ2n) is 8.93. The summed E-state index contributed by atoms with van der Waals surface area (Å²) in [5, 5.41) is 22.6. The van der Waals surface area contributed by atoms with Gasteiger partial charge in [0.25, 0.3) is 0 Å². The van der Waals surface area contributed by atoms with E-state index in [2.05, 4.69) is 26.7 Å². The van der Waals surface area contributed by atoms with Gasteiger partial charge in [0, 0.05) is 41.7 Å². The third kappa shape index (κ3) is 5.68. The number of benzene rings is 1. The van der Waals surface area contributed by atoms with Crippen molar-refractivity contribution in [2.75, 3.05) is 33.4 Å². The molecular formula is C27H30ClN3O3.